The van der Waals surface area contributed by atoms with Crippen LogP contribution in [0.1, 0.15) is 29.5 Å². The van der Waals surface area contributed by atoms with Crippen LogP contribution in [0.5, 0.6) is 0 Å². The summed E-state index contributed by atoms with van der Waals surface area (Å²) in [5, 5.41) is 19.2. The van der Waals surface area contributed by atoms with E-state index in [9.17, 15) is 27.8 Å². The fourth-order valence-corrected chi connectivity index (χ4v) is 5.61. The van der Waals surface area contributed by atoms with Crippen LogP contribution in [0.25, 0.3) is 0 Å². The van der Waals surface area contributed by atoms with Crippen LogP contribution in [0, 0.1) is 16.3 Å². The molecule has 1 saturated carbocycles. The van der Waals surface area contributed by atoms with Gasteiger partial charge in [-0.25, -0.2) is 12.8 Å². The molecule has 0 spiro atoms. The Kier molecular flexibility index (Phi) is 6.10. The largest absolute Gasteiger partial charge is 0.394 e. The minimum atomic E-state index is -4.06. The molecule has 7 nitrogen and oxygen atoms in total. The molecule has 3 rings (SSSR count). The van der Waals surface area contributed by atoms with E-state index in [2.05, 4.69) is 4.72 Å². The quantitative estimate of drug-likeness (QED) is 0.467. The van der Waals surface area contributed by atoms with Crippen LogP contribution < -0.4 is 10.3 Å². The number of hydrogen-bond donors (Lipinski definition) is 3. The molecule has 29 heavy (non-hydrogen) atoms. The summed E-state index contributed by atoms with van der Waals surface area (Å²) in [4.78, 5) is 12.4. The van der Waals surface area contributed by atoms with Gasteiger partial charge in [-0.05, 0) is 65.6 Å². The number of benzene rings is 1. The second-order valence-corrected chi connectivity index (χ2v) is 10.6. The first-order valence-electron chi connectivity index (χ1n) is 8.96. The van der Waals surface area contributed by atoms with Crippen LogP contribution in [-0.2, 0) is 23.5 Å². The summed E-state index contributed by atoms with van der Waals surface area (Å²) < 4.78 is 43.3. The van der Waals surface area contributed by atoms with Gasteiger partial charge in [-0.2, -0.15) is 0 Å². The van der Waals surface area contributed by atoms with Gasteiger partial charge in [0.1, 0.15) is 10.6 Å². The molecule has 0 aliphatic heterocycles. The Labute approximate surface area is 181 Å². The van der Waals surface area contributed by atoms with Gasteiger partial charge in [0.2, 0.25) is 10.0 Å². The molecule has 158 valence electrons. The molecule has 10 heteroatoms. The summed E-state index contributed by atoms with van der Waals surface area (Å²) in [7, 11) is -2.56. The summed E-state index contributed by atoms with van der Waals surface area (Å²) in [5.41, 5.74) is 0.840. The molecule has 1 aliphatic carbocycles. The third kappa shape index (κ3) is 4.07. The fraction of sp³-hybridized carbons (Fsp3) is 0.421. The summed E-state index contributed by atoms with van der Waals surface area (Å²) in [6.07, 6.45) is 0.406. The normalized spacial score (nSPS) is 16.5. The molecule has 0 amide bonds. The first-order valence-corrected chi connectivity index (χ1v) is 11.5. The second-order valence-electron chi connectivity index (χ2n) is 7.34. The molecule has 1 unspecified atom stereocenters. The van der Waals surface area contributed by atoms with Crippen LogP contribution in [0.4, 0.5) is 10.1 Å². The first-order chi connectivity index (χ1) is 13.5. The Balaban J connectivity index is 2.06. The first kappa shape index (κ1) is 22.2. The summed E-state index contributed by atoms with van der Waals surface area (Å²) in [6.45, 7) is 0.892. The minimum absolute atomic E-state index is 0.0259. The molecule has 1 aliphatic rings. The van der Waals surface area contributed by atoms with Crippen LogP contribution in [-0.4, -0.2) is 40.7 Å². The van der Waals surface area contributed by atoms with Crippen molar-refractivity contribution in [3.63, 3.8) is 0 Å². The minimum Gasteiger partial charge on any atom is -0.394 e. The van der Waals surface area contributed by atoms with Gasteiger partial charge >= 0.3 is 0 Å². The lowest BCUT2D eigenvalue weighted by Crippen LogP contribution is -2.42. The van der Waals surface area contributed by atoms with Crippen molar-refractivity contribution in [1.82, 2.24) is 4.57 Å². The van der Waals surface area contributed by atoms with Crippen LogP contribution in [0.3, 0.4) is 0 Å². The van der Waals surface area contributed by atoms with Gasteiger partial charge in [0, 0.05) is 28.8 Å². The van der Waals surface area contributed by atoms with Crippen molar-refractivity contribution in [2.75, 3.05) is 11.3 Å². The van der Waals surface area contributed by atoms with E-state index in [1.54, 1.807) is 19.1 Å². The Morgan fingerprint density at radius 3 is 2.59 bits per heavy atom. The molecule has 2 aromatic rings. The average molecular weight is 536 g/mol. The number of aromatic nitrogens is 1. The molecule has 1 atom stereocenters. The Morgan fingerprint density at radius 1 is 1.38 bits per heavy atom. The van der Waals surface area contributed by atoms with Crippen molar-refractivity contribution in [3.05, 3.63) is 60.8 Å². The van der Waals surface area contributed by atoms with Crippen molar-refractivity contribution >= 4 is 38.3 Å². The van der Waals surface area contributed by atoms with Gasteiger partial charge in [-0.15, -0.1) is 0 Å². The number of hydrogen-bond acceptors (Lipinski definition) is 5. The van der Waals surface area contributed by atoms with E-state index < -0.39 is 33.3 Å². The van der Waals surface area contributed by atoms with Crippen LogP contribution in [0.2, 0.25) is 0 Å². The van der Waals surface area contributed by atoms with Crippen molar-refractivity contribution in [3.8, 4) is 0 Å². The highest BCUT2D eigenvalue weighted by atomic mass is 127. The number of aliphatic hydroxyl groups excluding tert-OH is 2. The summed E-state index contributed by atoms with van der Waals surface area (Å²) >= 11 is 1.99. The van der Waals surface area contributed by atoms with Crippen LogP contribution in [0.15, 0.2) is 29.2 Å². The maximum absolute atomic E-state index is 14.4. The lowest BCUT2D eigenvalue weighted by molar-refractivity contribution is 0.0854. The van der Waals surface area contributed by atoms with E-state index >= 15 is 0 Å². The molecular weight excluding hydrogens is 514 g/mol. The van der Waals surface area contributed by atoms with Crippen molar-refractivity contribution < 1.29 is 23.0 Å². The highest BCUT2D eigenvalue weighted by Crippen LogP contribution is 2.47. The van der Waals surface area contributed by atoms with E-state index in [-0.39, 0.29) is 30.5 Å². The zero-order valence-corrected chi connectivity index (χ0v) is 18.9. The third-order valence-corrected chi connectivity index (χ3v) is 8.34. The van der Waals surface area contributed by atoms with E-state index in [1.807, 2.05) is 22.6 Å². The van der Waals surface area contributed by atoms with E-state index in [0.29, 0.717) is 16.7 Å². The zero-order chi connectivity index (χ0) is 21.6. The number of aryl methyl sites for hydroxylation is 1. The lowest BCUT2D eigenvalue weighted by Gasteiger charge is -2.23. The number of nitrogens with one attached hydrogen (secondary N) is 1. The van der Waals surface area contributed by atoms with Gasteiger partial charge < -0.3 is 14.8 Å². The monoisotopic (exact) mass is 536 g/mol. The summed E-state index contributed by atoms with van der Waals surface area (Å²) in [5.74, 6) is -0.444. The Morgan fingerprint density at radius 2 is 2.03 bits per heavy atom. The fourth-order valence-electron chi connectivity index (χ4n) is 3.41. The highest BCUT2D eigenvalue weighted by molar-refractivity contribution is 14.1. The number of halogens is 2. The number of aliphatic hydroxyl groups is 2. The SMILES string of the molecule is Cc1c(Cc2ccc(I)cc2F)c(NS(=O)(=O)C2(C(O)CO)CC2)cn(C)c1=O. The maximum Gasteiger partial charge on any atom is 0.253 e. The molecular formula is C19H22FIN2O5S. The maximum atomic E-state index is 14.4. The van der Waals surface area contributed by atoms with E-state index in [0.717, 1.165) is 3.57 Å². The lowest BCUT2D eigenvalue weighted by atomic mass is 10.00. The van der Waals surface area contributed by atoms with Gasteiger partial charge in [-0.3, -0.25) is 9.52 Å². The number of rotatable bonds is 7. The Bertz CT molecular complexity index is 1110. The smallest absolute Gasteiger partial charge is 0.253 e. The van der Waals surface area contributed by atoms with E-state index in [4.69, 9.17) is 0 Å². The zero-order valence-electron chi connectivity index (χ0n) is 15.9. The standard InChI is InChI=1S/C19H22FIN2O5S/c1-11-14(7-12-3-4-13(21)8-15(12)20)16(9-23(2)18(11)26)22-29(27,28)19(5-6-19)17(25)10-24/h3-4,8-9,17,22,24-25H,5-7,10H2,1-2H3. The van der Waals surface area contributed by atoms with E-state index in [1.165, 1.54) is 23.9 Å². The number of nitrogens with zero attached hydrogens (tertiary/aromatic N) is 1. The Hall–Kier alpha value is -1.50. The summed E-state index contributed by atoms with van der Waals surface area (Å²) in [6, 6.07) is 4.70. The molecule has 1 fully saturated rings. The molecule has 0 radical (unpaired) electrons. The van der Waals surface area contributed by atoms with Gasteiger partial charge in [0.25, 0.3) is 5.56 Å². The van der Waals surface area contributed by atoms with Crippen LogP contribution >= 0.6 is 22.6 Å². The van der Waals surface area contributed by atoms with Gasteiger partial charge in [0.15, 0.2) is 0 Å². The number of sulfonamides is 1. The number of pyridine rings is 1. The molecule has 1 aromatic heterocycles. The average Bonchev–Trinajstić information content (AvgIpc) is 3.46. The molecule has 0 saturated heterocycles. The third-order valence-electron chi connectivity index (χ3n) is 5.43. The van der Waals surface area contributed by atoms with Crippen molar-refractivity contribution in [2.24, 2.45) is 7.05 Å². The van der Waals surface area contributed by atoms with Crippen molar-refractivity contribution in [2.45, 2.75) is 37.0 Å². The van der Waals surface area contributed by atoms with Gasteiger partial charge in [-0.1, -0.05) is 6.07 Å². The van der Waals surface area contributed by atoms with Crippen molar-refractivity contribution in [1.29, 1.82) is 0 Å². The molecule has 1 aromatic carbocycles. The number of anilines is 1. The predicted octanol–water partition coefficient (Wildman–Crippen LogP) is 1.66. The van der Waals surface area contributed by atoms with Gasteiger partial charge in [0.05, 0.1) is 18.4 Å². The molecule has 3 N–H and O–H groups in total. The molecule has 1 heterocycles. The predicted molar refractivity (Wildman–Crippen MR) is 116 cm³/mol. The highest BCUT2D eigenvalue weighted by Gasteiger charge is 2.59. The topological polar surface area (TPSA) is 109 Å². The second kappa shape index (κ2) is 7.97. The molecule has 0 bridgehead atoms.